The SMILES string of the molecule is O=C(NC(CCO)C(O)C(O)C(O)C(O)CO)c1c(I)c(I)c(C(=O)NC(CCO)C(O)C(O)C(O)C(O)CO)c(I)c1I. The van der Waals surface area contributed by atoms with Crippen LogP contribution in [0.25, 0.3) is 0 Å². The molecular formula is C24H36I4N2O14. The van der Waals surface area contributed by atoms with Gasteiger partial charge < -0.3 is 71.9 Å². The first-order valence-corrected chi connectivity index (χ1v) is 17.2. The van der Waals surface area contributed by atoms with Crippen molar-refractivity contribution in [1.29, 1.82) is 0 Å². The van der Waals surface area contributed by atoms with E-state index in [9.17, 15) is 60.7 Å². The molecule has 0 aliphatic heterocycles. The number of benzene rings is 1. The molecular weight excluding hydrogens is 1050 g/mol. The maximum atomic E-state index is 13.4. The molecule has 0 spiro atoms. The van der Waals surface area contributed by atoms with Gasteiger partial charge in [-0.25, -0.2) is 0 Å². The number of amides is 2. The summed E-state index contributed by atoms with van der Waals surface area (Å²) in [6, 6.07) is -2.64. The summed E-state index contributed by atoms with van der Waals surface area (Å²) in [6.45, 7) is -2.91. The first kappa shape index (κ1) is 42.6. The molecule has 2 amide bonds. The van der Waals surface area contributed by atoms with Crippen molar-refractivity contribution in [2.24, 2.45) is 0 Å². The van der Waals surface area contributed by atoms with E-state index in [1.807, 2.05) is 0 Å². The van der Waals surface area contributed by atoms with Crippen LogP contribution in [0.15, 0.2) is 0 Å². The van der Waals surface area contributed by atoms with Crippen molar-refractivity contribution in [3.05, 3.63) is 25.4 Å². The summed E-state index contributed by atoms with van der Waals surface area (Å²) in [5.41, 5.74) is 0.112. The number of hydrogen-bond donors (Lipinski definition) is 14. The minimum atomic E-state index is -2.01. The smallest absolute Gasteiger partial charge is 0.253 e. The zero-order valence-electron chi connectivity index (χ0n) is 22.7. The highest BCUT2D eigenvalue weighted by molar-refractivity contribution is 14.1. The fraction of sp³-hybridized carbons (Fsp3) is 0.667. The van der Waals surface area contributed by atoms with Crippen LogP contribution < -0.4 is 10.6 Å². The Morgan fingerprint density at radius 1 is 0.500 bits per heavy atom. The van der Waals surface area contributed by atoms with Crippen molar-refractivity contribution < 1.29 is 70.9 Å². The summed E-state index contributed by atoms with van der Waals surface area (Å²) in [4.78, 5) is 26.8. The van der Waals surface area contributed by atoms with E-state index >= 15 is 0 Å². The van der Waals surface area contributed by atoms with Gasteiger partial charge in [0.15, 0.2) is 0 Å². The van der Waals surface area contributed by atoms with E-state index in [2.05, 4.69) is 10.6 Å². The zero-order chi connectivity index (χ0) is 34.0. The monoisotopic (exact) mass is 1080 g/mol. The summed E-state index contributed by atoms with van der Waals surface area (Å²) in [5, 5.41) is 123. The highest BCUT2D eigenvalue weighted by atomic mass is 127. The molecule has 10 atom stereocenters. The van der Waals surface area contributed by atoms with Gasteiger partial charge in [-0.2, -0.15) is 0 Å². The number of halogens is 4. The van der Waals surface area contributed by atoms with E-state index in [0.717, 1.165) is 0 Å². The van der Waals surface area contributed by atoms with Crippen LogP contribution in [0, 0.1) is 14.3 Å². The van der Waals surface area contributed by atoms with Crippen LogP contribution in [-0.2, 0) is 0 Å². The third-order valence-corrected chi connectivity index (χ3v) is 13.0. The van der Waals surface area contributed by atoms with Crippen LogP contribution >= 0.6 is 90.4 Å². The molecule has 44 heavy (non-hydrogen) atoms. The van der Waals surface area contributed by atoms with Crippen molar-refractivity contribution in [1.82, 2.24) is 10.6 Å². The van der Waals surface area contributed by atoms with E-state index in [1.54, 1.807) is 90.4 Å². The van der Waals surface area contributed by atoms with Gasteiger partial charge in [-0.3, -0.25) is 9.59 Å². The Bertz CT molecular complexity index is 993. The summed E-state index contributed by atoms with van der Waals surface area (Å²) in [7, 11) is 0. The Labute approximate surface area is 306 Å². The molecule has 0 saturated carbocycles. The molecule has 0 bridgehead atoms. The zero-order valence-corrected chi connectivity index (χ0v) is 31.3. The molecule has 1 rings (SSSR count). The Kier molecular flexibility index (Phi) is 19.6. The largest absolute Gasteiger partial charge is 0.396 e. The summed E-state index contributed by atoms with van der Waals surface area (Å²) >= 11 is 7.23. The minimum Gasteiger partial charge on any atom is -0.396 e. The van der Waals surface area contributed by atoms with E-state index in [1.165, 1.54) is 0 Å². The molecule has 0 heterocycles. The quantitative estimate of drug-likeness (QED) is 0.0492. The summed E-state index contributed by atoms with van der Waals surface area (Å²) in [6.07, 6.45) is -15.8. The van der Waals surface area contributed by atoms with E-state index in [4.69, 9.17) is 10.2 Å². The average Bonchev–Trinajstić information content (AvgIpc) is 3.00. The third kappa shape index (κ3) is 10.8. The van der Waals surface area contributed by atoms with Crippen LogP contribution in [0.5, 0.6) is 0 Å². The number of nitrogens with one attached hydrogen (secondary N) is 2. The minimum absolute atomic E-state index is 0.0561. The van der Waals surface area contributed by atoms with E-state index < -0.39 is 99.2 Å². The van der Waals surface area contributed by atoms with Gasteiger partial charge in [0.25, 0.3) is 11.8 Å². The maximum Gasteiger partial charge on any atom is 0.253 e. The molecule has 16 nitrogen and oxygen atoms in total. The topological polar surface area (TPSA) is 301 Å². The lowest BCUT2D eigenvalue weighted by Gasteiger charge is -2.32. The summed E-state index contributed by atoms with van der Waals surface area (Å²) in [5.74, 6) is -1.56. The van der Waals surface area contributed by atoms with Crippen LogP contribution in [-0.4, -0.2) is 160 Å². The molecule has 254 valence electrons. The highest BCUT2D eigenvalue weighted by Gasteiger charge is 2.38. The van der Waals surface area contributed by atoms with Gasteiger partial charge >= 0.3 is 0 Å². The number of carbonyl (C=O) groups excluding carboxylic acids is 2. The van der Waals surface area contributed by atoms with Gasteiger partial charge in [-0.15, -0.1) is 0 Å². The molecule has 0 radical (unpaired) electrons. The van der Waals surface area contributed by atoms with E-state index in [-0.39, 0.29) is 38.2 Å². The number of aliphatic hydroxyl groups excluding tert-OH is 12. The van der Waals surface area contributed by atoms with Crippen LogP contribution in [0.2, 0.25) is 0 Å². The Balaban J connectivity index is 3.37. The van der Waals surface area contributed by atoms with Crippen molar-refractivity contribution in [2.75, 3.05) is 26.4 Å². The predicted octanol–water partition coefficient (Wildman–Crippen LogP) is -4.06. The highest BCUT2D eigenvalue weighted by Crippen LogP contribution is 2.33. The molecule has 0 saturated heterocycles. The summed E-state index contributed by atoms with van der Waals surface area (Å²) < 4.78 is 1.07. The van der Waals surface area contributed by atoms with Crippen molar-refractivity contribution >= 4 is 102 Å². The number of hydrogen-bond acceptors (Lipinski definition) is 14. The fourth-order valence-corrected chi connectivity index (χ4v) is 8.17. The fourth-order valence-electron chi connectivity index (χ4n) is 4.00. The van der Waals surface area contributed by atoms with Gasteiger partial charge in [-0.1, -0.05) is 0 Å². The molecule has 20 heteroatoms. The lowest BCUT2D eigenvalue weighted by Crippen LogP contribution is -2.55. The maximum absolute atomic E-state index is 13.4. The first-order valence-electron chi connectivity index (χ1n) is 12.9. The molecule has 0 aromatic heterocycles. The Morgan fingerprint density at radius 3 is 1.00 bits per heavy atom. The lowest BCUT2D eigenvalue weighted by atomic mass is 9.95. The second-order valence-corrected chi connectivity index (χ2v) is 13.9. The molecule has 0 aliphatic rings. The third-order valence-electron chi connectivity index (χ3n) is 6.62. The standard InChI is InChI=1S/C24H36I4N2O14/c25-13-11(23(43)29-7(1-3-31)17(37)21(41)19(39)9(35)5-33)14(26)16(28)12(15(13)27)24(44)30-8(2-4-32)18(38)22(42)20(40)10(36)6-34/h7-10,17-22,31-42H,1-6H2,(H,29,43)(H,30,44). The van der Waals surface area contributed by atoms with E-state index in [0.29, 0.717) is 0 Å². The van der Waals surface area contributed by atoms with Crippen LogP contribution in [0.4, 0.5) is 0 Å². The predicted molar refractivity (Wildman–Crippen MR) is 185 cm³/mol. The van der Waals surface area contributed by atoms with Gasteiger partial charge in [0.2, 0.25) is 0 Å². The van der Waals surface area contributed by atoms with Crippen LogP contribution in [0.1, 0.15) is 33.6 Å². The Hall–Kier alpha value is 0.600. The normalized spacial score (nSPS) is 18.7. The van der Waals surface area contributed by atoms with Gasteiger partial charge in [-0.05, 0) is 103 Å². The lowest BCUT2D eigenvalue weighted by molar-refractivity contribution is -0.122. The average molecular weight is 1080 g/mol. The van der Waals surface area contributed by atoms with Gasteiger partial charge in [0, 0.05) is 27.5 Å². The van der Waals surface area contributed by atoms with Crippen molar-refractivity contribution in [3.63, 3.8) is 0 Å². The van der Waals surface area contributed by atoms with Crippen molar-refractivity contribution in [3.8, 4) is 0 Å². The molecule has 0 fully saturated rings. The Morgan fingerprint density at radius 2 is 0.773 bits per heavy atom. The van der Waals surface area contributed by atoms with Crippen molar-refractivity contribution in [2.45, 2.75) is 73.8 Å². The number of carbonyl (C=O) groups is 2. The second kappa shape index (κ2) is 20.2. The molecule has 0 aliphatic carbocycles. The molecule has 1 aromatic carbocycles. The molecule has 10 unspecified atom stereocenters. The van der Waals surface area contributed by atoms with Gasteiger partial charge in [0.1, 0.15) is 48.8 Å². The number of aliphatic hydroxyl groups is 12. The number of rotatable bonds is 18. The molecule has 14 N–H and O–H groups in total. The van der Waals surface area contributed by atoms with Gasteiger partial charge in [0.05, 0.1) is 36.4 Å². The molecule has 1 aromatic rings. The van der Waals surface area contributed by atoms with Crippen LogP contribution in [0.3, 0.4) is 0 Å². The second-order valence-electron chi connectivity index (χ2n) is 9.63. The first-order chi connectivity index (χ1) is 20.5.